The average Bonchev–Trinajstić information content (AvgIpc) is 2.58. The number of benzene rings is 2. The summed E-state index contributed by atoms with van der Waals surface area (Å²) in [6, 6.07) is 15.6. The SMILES string of the molecule is Cc1cccc(NC(=O)COC(=O)COc2ccc(C#N)cc2)c1. The summed E-state index contributed by atoms with van der Waals surface area (Å²) in [7, 11) is 0. The second-order valence-electron chi connectivity index (χ2n) is 5.00. The van der Waals surface area contributed by atoms with Gasteiger partial charge >= 0.3 is 5.97 Å². The van der Waals surface area contributed by atoms with Crippen LogP contribution in [-0.4, -0.2) is 25.1 Å². The van der Waals surface area contributed by atoms with Crippen molar-refractivity contribution in [1.29, 1.82) is 5.26 Å². The first-order chi connectivity index (χ1) is 11.6. The first-order valence-electron chi connectivity index (χ1n) is 7.22. The zero-order chi connectivity index (χ0) is 17.4. The van der Waals surface area contributed by atoms with Crippen molar-refractivity contribution in [2.75, 3.05) is 18.5 Å². The van der Waals surface area contributed by atoms with Crippen molar-refractivity contribution in [1.82, 2.24) is 0 Å². The summed E-state index contributed by atoms with van der Waals surface area (Å²) in [5.74, 6) is -0.638. The Bertz CT molecular complexity index is 763. The third-order valence-electron chi connectivity index (χ3n) is 3.01. The third kappa shape index (κ3) is 5.46. The van der Waals surface area contributed by atoms with Crippen molar-refractivity contribution >= 4 is 17.6 Å². The van der Waals surface area contributed by atoms with E-state index >= 15 is 0 Å². The van der Waals surface area contributed by atoms with Crippen LogP contribution in [0, 0.1) is 18.3 Å². The zero-order valence-electron chi connectivity index (χ0n) is 13.1. The van der Waals surface area contributed by atoms with Crippen LogP contribution in [0.3, 0.4) is 0 Å². The number of carbonyl (C=O) groups excluding carboxylic acids is 2. The van der Waals surface area contributed by atoms with Crippen molar-refractivity contribution in [3.05, 3.63) is 59.7 Å². The van der Waals surface area contributed by atoms with Crippen LogP contribution in [-0.2, 0) is 14.3 Å². The van der Waals surface area contributed by atoms with Gasteiger partial charge in [0.25, 0.3) is 5.91 Å². The topological polar surface area (TPSA) is 88.4 Å². The quantitative estimate of drug-likeness (QED) is 0.824. The normalized spacial score (nSPS) is 9.67. The number of nitriles is 1. The van der Waals surface area contributed by atoms with Gasteiger partial charge in [-0.25, -0.2) is 4.79 Å². The highest BCUT2D eigenvalue weighted by molar-refractivity contribution is 5.92. The predicted octanol–water partition coefficient (Wildman–Crippen LogP) is 2.43. The number of aryl methyl sites for hydroxylation is 1. The Morgan fingerprint density at radius 3 is 2.54 bits per heavy atom. The second kappa shape index (κ2) is 8.34. The van der Waals surface area contributed by atoms with Gasteiger partial charge in [0, 0.05) is 5.69 Å². The van der Waals surface area contributed by atoms with Crippen LogP contribution in [0.2, 0.25) is 0 Å². The summed E-state index contributed by atoms with van der Waals surface area (Å²) in [6.07, 6.45) is 0. The molecule has 122 valence electrons. The lowest BCUT2D eigenvalue weighted by atomic mass is 10.2. The molecule has 24 heavy (non-hydrogen) atoms. The molecule has 0 atom stereocenters. The van der Waals surface area contributed by atoms with E-state index in [0.29, 0.717) is 17.0 Å². The molecule has 6 heteroatoms. The van der Waals surface area contributed by atoms with Gasteiger partial charge in [-0.1, -0.05) is 12.1 Å². The predicted molar refractivity (Wildman–Crippen MR) is 87.4 cm³/mol. The highest BCUT2D eigenvalue weighted by atomic mass is 16.6. The summed E-state index contributed by atoms with van der Waals surface area (Å²) in [4.78, 5) is 23.3. The van der Waals surface area contributed by atoms with E-state index in [-0.39, 0.29) is 13.2 Å². The number of anilines is 1. The van der Waals surface area contributed by atoms with Crippen molar-refractivity contribution in [2.45, 2.75) is 6.92 Å². The number of ether oxygens (including phenoxy) is 2. The highest BCUT2D eigenvalue weighted by Gasteiger charge is 2.09. The molecule has 2 aromatic carbocycles. The maximum Gasteiger partial charge on any atom is 0.344 e. The van der Waals surface area contributed by atoms with Crippen LogP contribution >= 0.6 is 0 Å². The van der Waals surface area contributed by atoms with E-state index in [1.54, 1.807) is 30.3 Å². The van der Waals surface area contributed by atoms with Crippen LogP contribution in [0.4, 0.5) is 5.69 Å². The molecule has 0 aromatic heterocycles. The lowest BCUT2D eigenvalue weighted by Crippen LogP contribution is -2.23. The van der Waals surface area contributed by atoms with Crippen LogP contribution in [0.25, 0.3) is 0 Å². The highest BCUT2D eigenvalue weighted by Crippen LogP contribution is 2.11. The smallest absolute Gasteiger partial charge is 0.344 e. The molecule has 2 aromatic rings. The molecule has 0 saturated heterocycles. The van der Waals surface area contributed by atoms with Gasteiger partial charge in [0.1, 0.15) is 5.75 Å². The fourth-order valence-corrected chi connectivity index (χ4v) is 1.88. The molecule has 0 aliphatic carbocycles. The molecule has 0 fully saturated rings. The Morgan fingerprint density at radius 1 is 1.12 bits per heavy atom. The van der Waals surface area contributed by atoms with Crippen molar-refractivity contribution in [2.24, 2.45) is 0 Å². The van der Waals surface area contributed by atoms with Crippen molar-refractivity contribution in [3.63, 3.8) is 0 Å². The van der Waals surface area contributed by atoms with E-state index in [1.807, 2.05) is 31.2 Å². The minimum Gasteiger partial charge on any atom is -0.482 e. The molecule has 1 amide bonds. The Labute approximate surface area is 139 Å². The van der Waals surface area contributed by atoms with E-state index in [9.17, 15) is 9.59 Å². The molecular formula is C18H16N2O4. The third-order valence-corrected chi connectivity index (χ3v) is 3.01. The molecule has 0 spiro atoms. The van der Waals surface area contributed by atoms with E-state index in [4.69, 9.17) is 14.7 Å². The number of amides is 1. The summed E-state index contributed by atoms with van der Waals surface area (Å²) >= 11 is 0. The van der Waals surface area contributed by atoms with Gasteiger partial charge in [0.15, 0.2) is 13.2 Å². The zero-order valence-corrected chi connectivity index (χ0v) is 13.1. The number of nitrogens with one attached hydrogen (secondary N) is 1. The largest absolute Gasteiger partial charge is 0.482 e. The Hall–Kier alpha value is -3.33. The van der Waals surface area contributed by atoms with Gasteiger partial charge in [-0.3, -0.25) is 4.79 Å². The Balaban J connectivity index is 1.72. The maximum absolute atomic E-state index is 11.7. The second-order valence-corrected chi connectivity index (χ2v) is 5.00. The van der Waals surface area contributed by atoms with Crippen LogP contribution in [0.15, 0.2) is 48.5 Å². The van der Waals surface area contributed by atoms with E-state index < -0.39 is 11.9 Å². The van der Waals surface area contributed by atoms with E-state index in [0.717, 1.165) is 5.56 Å². The molecule has 0 aliphatic rings. The van der Waals surface area contributed by atoms with Gasteiger partial charge in [-0.2, -0.15) is 5.26 Å². The molecule has 0 radical (unpaired) electrons. The van der Waals surface area contributed by atoms with Gasteiger partial charge in [0.05, 0.1) is 11.6 Å². The lowest BCUT2D eigenvalue weighted by molar-refractivity contribution is -0.149. The summed E-state index contributed by atoms with van der Waals surface area (Å²) in [6.45, 7) is 1.21. The van der Waals surface area contributed by atoms with Gasteiger partial charge < -0.3 is 14.8 Å². The van der Waals surface area contributed by atoms with Crippen molar-refractivity contribution in [3.8, 4) is 11.8 Å². The molecular weight excluding hydrogens is 308 g/mol. The summed E-state index contributed by atoms with van der Waals surface area (Å²) < 4.78 is 10.1. The number of hydrogen-bond donors (Lipinski definition) is 1. The monoisotopic (exact) mass is 324 g/mol. The minimum absolute atomic E-state index is 0.316. The number of hydrogen-bond acceptors (Lipinski definition) is 5. The maximum atomic E-state index is 11.7. The fourth-order valence-electron chi connectivity index (χ4n) is 1.88. The van der Waals surface area contributed by atoms with Gasteiger partial charge in [-0.05, 0) is 48.9 Å². The number of carbonyl (C=O) groups is 2. The standard InChI is InChI=1S/C18H16N2O4/c1-13-3-2-4-15(9-13)20-17(21)11-24-18(22)12-23-16-7-5-14(10-19)6-8-16/h2-9H,11-12H2,1H3,(H,20,21). The number of esters is 1. The molecule has 0 unspecified atom stereocenters. The van der Waals surface area contributed by atoms with Crippen LogP contribution in [0.1, 0.15) is 11.1 Å². The molecule has 2 rings (SSSR count). The van der Waals surface area contributed by atoms with Crippen LogP contribution in [0.5, 0.6) is 5.75 Å². The lowest BCUT2D eigenvalue weighted by Gasteiger charge is -2.08. The number of nitrogens with zero attached hydrogens (tertiary/aromatic N) is 1. The molecule has 0 bridgehead atoms. The molecule has 0 saturated carbocycles. The van der Waals surface area contributed by atoms with Crippen LogP contribution < -0.4 is 10.1 Å². The van der Waals surface area contributed by atoms with Gasteiger partial charge in [-0.15, -0.1) is 0 Å². The molecule has 0 heterocycles. The fraction of sp³-hybridized carbons (Fsp3) is 0.167. The molecule has 6 nitrogen and oxygen atoms in total. The average molecular weight is 324 g/mol. The molecule has 0 aliphatic heterocycles. The van der Waals surface area contributed by atoms with Crippen molar-refractivity contribution < 1.29 is 19.1 Å². The summed E-state index contributed by atoms with van der Waals surface area (Å²) in [5.41, 5.74) is 2.16. The Kier molecular flexibility index (Phi) is 5.92. The van der Waals surface area contributed by atoms with E-state index in [1.165, 1.54) is 0 Å². The first-order valence-corrected chi connectivity index (χ1v) is 7.22. The van der Waals surface area contributed by atoms with Gasteiger partial charge in [0.2, 0.25) is 0 Å². The summed E-state index contributed by atoms with van der Waals surface area (Å²) in [5, 5.41) is 11.3. The number of rotatable bonds is 6. The first kappa shape index (κ1) is 17.0. The van der Waals surface area contributed by atoms with E-state index in [2.05, 4.69) is 5.32 Å². The minimum atomic E-state index is -0.654. The molecule has 1 N–H and O–H groups in total. The Morgan fingerprint density at radius 2 is 1.88 bits per heavy atom.